The molecule has 0 aromatic heterocycles. The maximum absolute atomic E-state index is 8.90. The van der Waals surface area contributed by atoms with Crippen LogP contribution in [0.3, 0.4) is 0 Å². The third kappa shape index (κ3) is 5.15. The zero-order valence-electron chi connectivity index (χ0n) is 6.82. The fourth-order valence-electron chi connectivity index (χ4n) is 0.705. The molecule has 4 heteroatoms. The molecule has 0 saturated heterocycles. The zero-order chi connectivity index (χ0) is 8.69. The molecule has 0 aliphatic carbocycles. The molecule has 2 atom stereocenters. The van der Waals surface area contributed by atoms with E-state index in [9.17, 15) is 0 Å². The molecule has 0 aliphatic heterocycles. The first-order chi connectivity index (χ1) is 5.24. The van der Waals surface area contributed by atoms with Gasteiger partial charge in [-0.05, 0) is 6.42 Å². The lowest BCUT2D eigenvalue weighted by atomic mass is 10.2. The predicted octanol–water partition coefficient (Wildman–Crippen LogP) is -1.30. The average Bonchev–Trinajstić information content (AvgIpc) is 2.06. The van der Waals surface area contributed by atoms with Crippen molar-refractivity contribution in [1.82, 2.24) is 5.32 Å². The summed E-state index contributed by atoms with van der Waals surface area (Å²) in [6, 6.07) is 0.0243. The second kappa shape index (κ2) is 6.54. The Morgan fingerprint density at radius 3 is 2.27 bits per heavy atom. The van der Waals surface area contributed by atoms with Gasteiger partial charge >= 0.3 is 0 Å². The predicted molar refractivity (Wildman–Crippen MR) is 42.3 cm³/mol. The lowest BCUT2D eigenvalue weighted by Crippen LogP contribution is -2.38. The van der Waals surface area contributed by atoms with E-state index in [1.54, 1.807) is 0 Å². The van der Waals surface area contributed by atoms with Crippen molar-refractivity contribution in [1.29, 1.82) is 0 Å². The summed E-state index contributed by atoms with van der Waals surface area (Å²) in [4.78, 5) is 0. The van der Waals surface area contributed by atoms with E-state index >= 15 is 0 Å². The molecule has 0 aromatic rings. The molecule has 0 radical (unpaired) electrons. The van der Waals surface area contributed by atoms with Crippen LogP contribution in [0.5, 0.6) is 0 Å². The quantitative estimate of drug-likeness (QED) is 0.393. The summed E-state index contributed by atoms with van der Waals surface area (Å²) >= 11 is 0. The van der Waals surface area contributed by atoms with Gasteiger partial charge in [0.1, 0.15) is 0 Å². The maximum atomic E-state index is 8.90. The van der Waals surface area contributed by atoms with Gasteiger partial charge in [0.05, 0.1) is 19.3 Å². The van der Waals surface area contributed by atoms with Gasteiger partial charge in [0, 0.05) is 12.6 Å². The molecule has 0 saturated carbocycles. The molecule has 68 valence electrons. The minimum Gasteiger partial charge on any atom is -0.395 e. The monoisotopic (exact) mass is 163 g/mol. The van der Waals surface area contributed by atoms with E-state index in [4.69, 9.17) is 15.3 Å². The second-order valence-corrected chi connectivity index (χ2v) is 2.53. The number of aliphatic hydroxyl groups excluding tert-OH is 3. The van der Waals surface area contributed by atoms with E-state index < -0.39 is 6.10 Å². The van der Waals surface area contributed by atoms with Gasteiger partial charge in [-0.2, -0.15) is 0 Å². The van der Waals surface area contributed by atoms with Crippen molar-refractivity contribution >= 4 is 0 Å². The summed E-state index contributed by atoms with van der Waals surface area (Å²) in [5, 5.41) is 29.0. The first-order valence-electron chi connectivity index (χ1n) is 3.87. The molecule has 0 heterocycles. The summed E-state index contributed by atoms with van der Waals surface area (Å²) in [6.07, 6.45) is 0.0878. The van der Waals surface area contributed by atoms with Crippen molar-refractivity contribution < 1.29 is 15.3 Å². The van der Waals surface area contributed by atoms with Crippen LogP contribution in [0.25, 0.3) is 0 Å². The minimum absolute atomic E-state index is 0.0243. The number of hydrogen-bond acceptors (Lipinski definition) is 4. The second-order valence-electron chi connectivity index (χ2n) is 2.53. The molecule has 0 aromatic carbocycles. The first kappa shape index (κ1) is 10.8. The van der Waals surface area contributed by atoms with Crippen LogP contribution in [0, 0.1) is 0 Å². The number of hydrogen-bond donors (Lipinski definition) is 4. The van der Waals surface area contributed by atoms with E-state index in [0.717, 1.165) is 6.42 Å². The number of nitrogens with one attached hydrogen (secondary N) is 1. The topological polar surface area (TPSA) is 72.7 Å². The first-order valence-corrected chi connectivity index (χ1v) is 3.87. The largest absolute Gasteiger partial charge is 0.395 e. The van der Waals surface area contributed by atoms with Crippen molar-refractivity contribution in [3.05, 3.63) is 0 Å². The van der Waals surface area contributed by atoms with Crippen molar-refractivity contribution in [2.24, 2.45) is 0 Å². The molecule has 4 N–H and O–H groups in total. The fourth-order valence-corrected chi connectivity index (χ4v) is 0.705. The third-order valence-electron chi connectivity index (χ3n) is 1.57. The van der Waals surface area contributed by atoms with E-state index in [0.29, 0.717) is 6.54 Å². The van der Waals surface area contributed by atoms with Gasteiger partial charge in [-0.1, -0.05) is 6.92 Å². The normalized spacial score (nSPS) is 16.4. The average molecular weight is 163 g/mol. The summed E-state index contributed by atoms with van der Waals surface area (Å²) in [6.45, 7) is 2.10. The molecular formula is C7H17NO3. The zero-order valence-corrected chi connectivity index (χ0v) is 6.82. The van der Waals surface area contributed by atoms with Gasteiger partial charge in [0.2, 0.25) is 0 Å². The molecule has 0 aliphatic rings. The van der Waals surface area contributed by atoms with E-state index in [1.165, 1.54) is 0 Å². The van der Waals surface area contributed by atoms with Gasteiger partial charge in [-0.15, -0.1) is 0 Å². The Bertz CT molecular complexity index is 85.8. The van der Waals surface area contributed by atoms with Crippen molar-refractivity contribution in [3.8, 4) is 0 Å². The SMILES string of the molecule is CCC(CO)NCC(O)CO. The number of aliphatic hydroxyl groups is 3. The fraction of sp³-hybridized carbons (Fsp3) is 1.00. The Labute approximate surface area is 66.9 Å². The summed E-state index contributed by atoms with van der Waals surface area (Å²) in [7, 11) is 0. The van der Waals surface area contributed by atoms with Crippen LogP contribution in [-0.4, -0.2) is 47.2 Å². The van der Waals surface area contributed by atoms with Crippen molar-refractivity contribution in [2.45, 2.75) is 25.5 Å². The number of rotatable bonds is 6. The Morgan fingerprint density at radius 1 is 1.27 bits per heavy atom. The van der Waals surface area contributed by atoms with Gasteiger partial charge in [0.15, 0.2) is 0 Å². The van der Waals surface area contributed by atoms with Crippen LogP contribution in [0.2, 0.25) is 0 Å². The highest BCUT2D eigenvalue weighted by Crippen LogP contribution is 1.88. The molecule has 0 fully saturated rings. The van der Waals surface area contributed by atoms with E-state index in [-0.39, 0.29) is 19.3 Å². The van der Waals surface area contributed by atoms with Crippen LogP contribution in [-0.2, 0) is 0 Å². The molecule has 4 nitrogen and oxygen atoms in total. The standard InChI is InChI=1S/C7H17NO3/c1-2-6(4-9)8-3-7(11)5-10/h6-11H,2-5H2,1H3. The van der Waals surface area contributed by atoms with Gasteiger partial charge < -0.3 is 20.6 Å². The van der Waals surface area contributed by atoms with Crippen LogP contribution < -0.4 is 5.32 Å². The summed E-state index contributed by atoms with van der Waals surface area (Å²) in [5.41, 5.74) is 0. The molecular weight excluding hydrogens is 146 g/mol. The Kier molecular flexibility index (Phi) is 6.45. The smallest absolute Gasteiger partial charge is 0.0895 e. The molecule has 0 spiro atoms. The minimum atomic E-state index is -0.726. The van der Waals surface area contributed by atoms with Crippen molar-refractivity contribution in [2.75, 3.05) is 19.8 Å². The lowest BCUT2D eigenvalue weighted by Gasteiger charge is -2.15. The maximum Gasteiger partial charge on any atom is 0.0895 e. The highest BCUT2D eigenvalue weighted by Gasteiger charge is 2.06. The molecule has 0 amide bonds. The highest BCUT2D eigenvalue weighted by molar-refractivity contribution is 4.65. The molecule has 11 heavy (non-hydrogen) atoms. The Morgan fingerprint density at radius 2 is 1.91 bits per heavy atom. The van der Waals surface area contributed by atoms with Crippen LogP contribution in [0.4, 0.5) is 0 Å². The van der Waals surface area contributed by atoms with Gasteiger partial charge in [-0.3, -0.25) is 0 Å². The van der Waals surface area contributed by atoms with Gasteiger partial charge in [-0.25, -0.2) is 0 Å². The molecule has 0 rings (SSSR count). The summed E-state index contributed by atoms with van der Waals surface area (Å²) in [5.74, 6) is 0. The van der Waals surface area contributed by atoms with Crippen LogP contribution in [0.15, 0.2) is 0 Å². The van der Waals surface area contributed by atoms with Gasteiger partial charge in [0.25, 0.3) is 0 Å². The summed E-state index contributed by atoms with van der Waals surface area (Å²) < 4.78 is 0. The Hall–Kier alpha value is -0.160. The van der Waals surface area contributed by atoms with E-state index in [1.807, 2.05) is 6.92 Å². The lowest BCUT2D eigenvalue weighted by molar-refractivity contribution is 0.0885. The van der Waals surface area contributed by atoms with Crippen molar-refractivity contribution in [3.63, 3.8) is 0 Å². The van der Waals surface area contributed by atoms with Crippen LogP contribution >= 0.6 is 0 Å². The molecule has 2 unspecified atom stereocenters. The highest BCUT2D eigenvalue weighted by atomic mass is 16.3. The molecule has 0 bridgehead atoms. The Balaban J connectivity index is 3.34. The third-order valence-corrected chi connectivity index (χ3v) is 1.57. The van der Waals surface area contributed by atoms with Crippen LogP contribution in [0.1, 0.15) is 13.3 Å². The van der Waals surface area contributed by atoms with E-state index in [2.05, 4.69) is 5.32 Å².